The number of benzene rings is 1. The number of esters is 1. The molecule has 4 heterocycles. The highest BCUT2D eigenvalue weighted by Gasteiger charge is 2.45. The van der Waals surface area contributed by atoms with Gasteiger partial charge >= 0.3 is 5.97 Å². The topological polar surface area (TPSA) is 115 Å². The van der Waals surface area contributed by atoms with E-state index < -0.39 is 11.6 Å². The summed E-state index contributed by atoms with van der Waals surface area (Å²) in [5, 5.41) is 15.3. The van der Waals surface area contributed by atoms with Crippen LogP contribution in [-0.2, 0) is 28.3 Å². The smallest absolute Gasteiger partial charge is 0.343 e. The monoisotopic (exact) mass is 476 g/mol. The minimum atomic E-state index is -1.85. The molecule has 0 saturated heterocycles. The second-order valence-electron chi connectivity index (χ2n) is 9.20. The number of cyclic esters (lactones) is 1. The van der Waals surface area contributed by atoms with Gasteiger partial charge in [-0.3, -0.25) is 9.79 Å². The number of fused-ring (bicyclic) bond motifs is 5. The van der Waals surface area contributed by atoms with Gasteiger partial charge in [-0.25, -0.2) is 9.78 Å². The van der Waals surface area contributed by atoms with Crippen LogP contribution in [0.4, 0.5) is 5.69 Å². The first-order chi connectivity index (χ1) is 16.7. The van der Waals surface area contributed by atoms with Crippen LogP contribution in [0.15, 0.2) is 34.1 Å². The van der Waals surface area contributed by atoms with Gasteiger partial charge in [0.05, 0.1) is 41.8 Å². The van der Waals surface area contributed by atoms with Gasteiger partial charge in [-0.2, -0.15) is 0 Å². The number of nitrogens with one attached hydrogen (secondary N) is 1. The molecule has 9 heteroatoms. The molecule has 0 unspecified atom stereocenters. The Kier molecular flexibility index (Phi) is 5.40. The molecule has 0 spiro atoms. The van der Waals surface area contributed by atoms with Crippen LogP contribution in [0.1, 0.15) is 43.9 Å². The summed E-state index contributed by atoms with van der Waals surface area (Å²) in [6.45, 7) is 5.97. The molecular weight excluding hydrogens is 448 g/mol. The lowest BCUT2D eigenvalue weighted by Crippen LogP contribution is -2.44. The molecule has 2 N–H and O–H groups in total. The van der Waals surface area contributed by atoms with Crippen LogP contribution in [0.5, 0.6) is 5.75 Å². The third-order valence-electron chi connectivity index (χ3n) is 6.91. The molecule has 0 radical (unpaired) electrons. The third-order valence-corrected chi connectivity index (χ3v) is 6.91. The van der Waals surface area contributed by atoms with Gasteiger partial charge in [-0.15, -0.1) is 0 Å². The van der Waals surface area contributed by atoms with Crippen LogP contribution in [0.3, 0.4) is 0 Å². The van der Waals surface area contributed by atoms with Gasteiger partial charge in [0.2, 0.25) is 0 Å². The number of carbonyl (C=O) groups is 1. The van der Waals surface area contributed by atoms with E-state index in [-0.39, 0.29) is 24.5 Å². The van der Waals surface area contributed by atoms with Gasteiger partial charge in [-0.05, 0) is 30.7 Å². The number of amidine groups is 1. The molecule has 0 saturated carbocycles. The Bertz CT molecular complexity index is 1470. The van der Waals surface area contributed by atoms with Crippen molar-refractivity contribution in [2.75, 3.05) is 19.5 Å². The molecular formula is C26H28N4O5. The average molecular weight is 477 g/mol. The Morgan fingerprint density at radius 3 is 2.77 bits per heavy atom. The molecule has 0 fully saturated rings. The summed E-state index contributed by atoms with van der Waals surface area (Å²) in [5.74, 6) is 0.918. The molecule has 1 atom stereocenters. The number of ether oxygens (including phenoxy) is 2. The van der Waals surface area contributed by atoms with Gasteiger partial charge in [-0.1, -0.05) is 20.8 Å². The lowest BCUT2D eigenvalue weighted by Gasteiger charge is -2.31. The van der Waals surface area contributed by atoms with Crippen molar-refractivity contribution in [3.05, 3.63) is 51.3 Å². The molecule has 0 bridgehead atoms. The predicted octanol–water partition coefficient (Wildman–Crippen LogP) is 3.18. The second kappa shape index (κ2) is 8.20. The SMILES string of the molecule is CC[C@@]1(O)C(=O)OCc2c1cc1n(c2=O)Cc2cc3c(NC(=NC)C(C)C)c(OC)ccc3nc2-1. The van der Waals surface area contributed by atoms with Crippen molar-refractivity contribution < 1.29 is 19.4 Å². The molecule has 35 heavy (non-hydrogen) atoms. The van der Waals surface area contributed by atoms with Crippen molar-refractivity contribution >= 4 is 28.4 Å². The lowest BCUT2D eigenvalue weighted by molar-refractivity contribution is -0.172. The normalized spacial score (nSPS) is 18.8. The highest BCUT2D eigenvalue weighted by Crippen LogP contribution is 2.41. The van der Waals surface area contributed by atoms with E-state index in [1.54, 1.807) is 31.7 Å². The van der Waals surface area contributed by atoms with Crippen molar-refractivity contribution in [3.8, 4) is 17.1 Å². The molecule has 2 aliphatic rings. The number of nitrogens with zero attached hydrogens (tertiary/aromatic N) is 3. The van der Waals surface area contributed by atoms with E-state index in [0.29, 0.717) is 34.8 Å². The van der Waals surface area contributed by atoms with E-state index in [2.05, 4.69) is 24.2 Å². The summed E-state index contributed by atoms with van der Waals surface area (Å²) < 4.78 is 12.4. The number of pyridine rings is 2. The zero-order chi connectivity index (χ0) is 25.1. The predicted molar refractivity (Wildman–Crippen MR) is 133 cm³/mol. The molecule has 1 aromatic carbocycles. The maximum atomic E-state index is 13.4. The number of rotatable bonds is 4. The fourth-order valence-electron chi connectivity index (χ4n) is 4.92. The van der Waals surface area contributed by atoms with Crippen molar-refractivity contribution in [3.63, 3.8) is 0 Å². The minimum Gasteiger partial charge on any atom is -0.495 e. The van der Waals surface area contributed by atoms with E-state index in [1.165, 1.54) is 0 Å². The highest BCUT2D eigenvalue weighted by atomic mass is 16.6. The van der Waals surface area contributed by atoms with Crippen LogP contribution >= 0.6 is 0 Å². The number of aliphatic imine (C=N–C) groups is 1. The van der Waals surface area contributed by atoms with Crippen LogP contribution < -0.4 is 15.6 Å². The number of anilines is 1. The maximum absolute atomic E-state index is 13.4. The Morgan fingerprint density at radius 1 is 1.34 bits per heavy atom. The largest absolute Gasteiger partial charge is 0.495 e. The first-order valence-corrected chi connectivity index (χ1v) is 11.6. The fourth-order valence-corrected chi connectivity index (χ4v) is 4.92. The van der Waals surface area contributed by atoms with Crippen molar-refractivity contribution in [1.82, 2.24) is 9.55 Å². The minimum absolute atomic E-state index is 0.103. The summed E-state index contributed by atoms with van der Waals surface area (Å²) in [6.07, 6.45) is 0.103. The van der Waals surface area contributed by atoms with E-state index in [4.69, 9.17) is 14.5 Å². The molecule has 0 aliphatic carbocycles. The summed E-state index contributed by atoms with van der Waals surface area (Å²) >= 11 is 0. The number of carbonyl (C=O) groups excluding carboxylic acids is 1. The first kappa shape index (κ1) is 23.0. The molecule has 5 rings (SSSR count). The zero-order valence-electron chi connectivity index (χ0n) is 20.4. The fraction of sp³-hybridized carbons (Fsp3) is 0.385. The van der Waals surface area contributed by atoms with E-state index in [9.17, 15) is 14.7 Å². The molecule has 9 nitrogen and oxygen atoms in total. The number of methoxy groups -OCH3 is 1. The molecule has 2 aliphatic heterocycles. The highest BCUT2D eigenvalue weighted by molar-refractivity contribution is 6.07. The summed E-state index contributed by atoms with van der Waals surface area (Å²) in [5.41, 5.74) is 2.05. The Balaban J connectivity index is 1.71. The number of hydrogen-bond donors (Lipinski definition) is 2. The summed E-state index contributed by atoms with van der Waals surface area (Å²) in [6, 6.07) is 7.44. The number of aromatic nitrogens is 2. The quantitative estimate of drug-likeness (QED) is 0.264. The van der Waals surface area contributed by atoms with E-state index >= 15 is 0 Å². The van der Waals surface area contributed by atoms with E-state index in [0.717, 1.165) is 28.0 Å². The van der Waals surface area contributed by atoms with Crippen molar-refractivity contribution in [2.24, 2.45) is 10.9 Å². The van der Waals surface area contributed by atoms with Gasteiger partial charge < -0.3 is 24.5 Å². The summed E-state index contributed by atoms with van der Waals surface area (Å²) in [7, 11) is 3.36. The van der Waals surface area contributed by atoms with E-state index in [1.807, 2.05) is 18.2 Å². The van der Waals surface area contributed by atoms with Gasteiger partial charge in [0.1, 0.15) is 18.2 Å². The number of hydrogen-bond acceptors (Lipinski definition) is 7. The second-order valence-corrected chi connectivity index (χ2v) is 9.20. The standard InChI is InChI=1S/C26H28N4O5/c1-6-26(33)17-10-19-21-14(11-30(19)24(31)16(17)12-35-25(26)32)9-15-18(28-21)7-8-20(34-5)22(15)29-23(27-4)13(2)3/h7-10,13,33H,6,11-12H2,1-5H3,(H,27,29)/t26-/m0/s1. The van der Waals surface area contributed by atoms with Crippen LogP contribution in [0.2, 0.25) is 0 Å². The van der Waals surface area contributed by atoms with Gasteiger partial charge in [0.15, 0.2) is 5.60 Å². The van der Waals surface area contributed by atoms with Crippen LogP contribution in [0, 0.1) is 5.92 Å². The Labute approximate surface area is 202 Å². The Hall–Kier alpha value is -3.72. The molecule has 2 aromatic heterocycles. The van der Waals surface area contributed by atoms with Gasteiger partial charge in [0.25, 0.3) is 5.56 Å². The van der Waals surface area contributed by atoms with Crippen molar-refractivity contribution in [2.45, 2.75) is 45.9 Å². The lowest BCUT2D eigenvalue weighted by atomic mass is 9.86. The van der Waals surface area contributed by atoms with Crippen molar-refractivity contribution in [1.29, 1.82) is 0 Å². The maximum Gasteiger partial charge on any atom is 0.343 e. The first-order valence-electron chi connectivity index (χ1n) is 11.6. The zero-order valence-corrected chi connectivity index (χ0v) is 20.4. The summed E-state index contributed by atoms with van der Waals surface area (Å²) in [4.78, 5) is 35.0. The molecule has 3 aromatic rings. The van der Waals surface area contributed by atoms with Gasteiger partial charge in [0, 0.05) is 29.5 Å². The molecule has 182 valence electrons. The van der Waals surface area contributed by atoms with Crippen LogP contribution in [0.25, 0.3) is 22.3 Å². The van der Waals surface area contributed by atoms with Crippen LogP contribution in [-0.4, -0.2) is 40.6 Å². The third kappa shape index (κ3) is 3.33. The Morgan fingerprint density at radius 2 is 2.11 bits per heavy atom. The number of aliphatic hydroxyl groups is 1. The average Bonchev–Trinajstić information content (AvgIpc) is 3.21. The molecule has 0 amide bonds.